The highest BCUT2D eigenvalue weighted by molar-refractivity contribution is 5.69. The van der Waals surface area contributed by atoms with Gasteiger partial charge in [-0.25, -0.2) is 4.98 Å². The highest BCUT2D eigenvalue weighted by Gasteiger charge is 2.15. The van der Waals surface area contributed by atoms with Crippen molar-refractivity contribution in [2.24, 2.45) is 5.92 Å². The second-order valence-corrected chi connectivity index (χ2v) is 6.37. The minimum atomic E-state index is -0.240. The smallest absolute Gasteiger partial charge is 0.305 e. The first-order chi connectivity index (χ1) is 13.1. The monoisotopic (exact) mass is 366 g/mol. The van der Waals surface area contributed by atoms with E-state index >= 15 is 0 Å². The summed E-state index contributed by atoms with van der Waals surface area (Å²) in [7, 11) is 1.38. The molecule has 0 aliphatic carbocycles. The van der Waals surface area contributed by atoms with Gasteiger partial charge in [-0.15, -0.1) is 0 Å². The first-order valence-corrected chi connectivity index (χ1v) is 8.77. The number of benzene rings is 1. The van der Waals surface area contributed by atoms with Gasteiger partial charge in [0.1, 0.15) is 5.82 Å². The van der Waals surface area contributed by atoms with Gasteiger partial charge in [0.2, 0.25) is 11.7 Å². The van der Waals surface area contributed by atoms with Gasteiger partial charge in [0.15, 0.2) is 0 Å². The topological polar surface area (TPSA) is 90.1 Å². The number of carbonyl (C=O) groups excluding carboxylic acids is 1. The van der Waals surface area contributed by atoms with Gasteiger partial charge in [-0.1, -0.05) is 36.3 Å². The number of esters is 1. The Balaban J connectivity index is 1.63. The minimum absolute atomic E-state index is 0.0691. The van der Waals surface area contributed by atoms with Crippen LogP contribution in [0.15, 0.2) is 53.2 Å². The molecule has 0 saturated carbocycles. The standard InChI is InChI=1S/C20H22N4O3/c1-14(11-19(25)26-2)10-18-23-20(24-27-18)16-7-5-6-15(12-16)13-22-17-8-3-4-9-21-17/h3-9,12,14H,10-11,13H2,1-2H3,(H,21,22). The number of nitrogens with zero attached hydrogens (tertiary/aromatic N) is 3. The van der Waals surface area contributed by atoms with Crippen LogP contribution in [0.5, 0.6) is 0 Å². The molecule has 140 valence electrons. The van der Waals surface area contributed by atoms with Gasteiger partial charge in [-0.2, -0.15) is 4.98 Å². The van der Waals surface area contributed by atoms with E-state index in [0.717, 1.165) is 16.9 Å². The summed E-state index contributed by atoms with van der Waals surface area (Å²) >= 11 is 0. The van der Waals surface area contributed by atoms with Gasteiger partial charge in [0.05, 0.1) is 7.11 Å². The fraction of sp³-hybridized carbons (Fsp3) is 0.300. The first kappa shape index (κ1) is 18.6. The predicted octanol–water partition coefficient (Wildman–Crippen LogP) is 3.49. The van der Waals surface area contributed by atoms with Crippen LogP contribution in [0.2, 0.25) is 0 Å². The van der Waals surface area contributed by atoms with Crippen LogP contribution in [-0.2, 0) is 22.5 Å². The summed E-state index contributed by atoms with van der Waals surface area (Å²) in [4.78, 5) is 20.0. The van der Waals surface area contributed by atoms with E-state index in [9.17, 15) is 4.79 Å². The van der Waals surface area contributed by atoms with Crippen LogP contribution in [0.25, 0.3) is 11.4 Å². The molecule has 0 bridgehead atoms. The molecule has 2 heterocycles. The molecule has 1 atom stereocenters. The maximum atomic E-state index is 11.3. The van der Waals surface area contributed by atoms with Gasteiger partial charge in [-0.3, -0.25) is 4.79 Å². The number of carbonyl (C=O) groups is 1. The summed E-state index contributed by atoms with van der Waals surface area (Å²) < 4.78 is 10.0. The Hall–Kier alpha value is -3.22. The van der Waals surface area contributed by atoms with Crippen LogP contribution in [0.4, 0.5) is 5.82 Å². The summed E-state index contributed by atoms with van der Waals surface area (Å²) in [5.74, 6) is 1.70. The van der Waals surface area contributed by atoms with E-state index in [-0.39, 0.29) is 11.9 Å². The fourth-order valence-corrected chi connectivity index (χ4v) is 2.67. The van der Waals surface area contributed by atoms with E-state index in [1.54, 1.807) is 6.20 Å². The molecule has 7 nitrogen and oxygen atoms in total. The third-order valence-corrected chi connectivity index (χ3v) is 4.06. The summed E-state index contributed by atoms with van der Waals surface area (Å²) in [5, 5.41) is 7.34. The molecule has 0 fully saturated rings. The molecular weight excluding hydrogens is 344 g/mol. The molecule has 0 amide bonds. The van der Waals surface area contributed by atoms with E-state index in [1.165, 1.54) is 7.11 Å². The highest BCUT2D eigenvalue weighted by Crippen LogP contribution is 2.20. The number of ether oxygens (including phenoxy) is 1. The number of rotatable bonds is 8. The molecule has 1 N–H and O–H groups in total. The van der Waals surface area contributed by atoms with E-state index in [4.69, 9.17) is 4.52 Å². The normalized spacial score (nSPS) is 11.8. The Morgan fingerprint density at radius 3 is 2.93 bits per heavy atom. The lowest BCUT2D eigenvalue weighted by molar-refractivity contribution is -0.141. The number of hydrogen-bond acceptors (Lipinski definition) is 7. The third kappa shape index (κ3) is 5.37. The molecule has 1 unspecified atom stereocenters. The van der Waals surface area contributed by atoms with Crippen molar-refractivity contribution in [2.45, 2.75) is 26.3 Å². The minimum Gasteiger partial charge on any atom is -0.469 e. The van der Waals surface area contributed by atoms with E-state index in [2.05, 4.69) is 25.2 Å². The third-order valence-electron chi connectivity index (χ3n) is 4.06. The SMILES string of the molecule is COC(=O)CC(C)Cc1nc(-c2cccc(CNc3ccccn3)c2)no1. The summed E-state index contributed by atoms with van der Waals surface area (Å²) in [6.07, 6.45) is 2.60. The molecule has 1 aromatic carbocycles. The van der Waals surface area contributed by atoms with Crippen LogP contribution in [0.1, 0.15) is 24.8 Å². The lowest BCUT2D eigenvalue weighted by Crippen LogP contribution is -2.09. The first-order valence-electron chi connectivity index (χ1n) is 8.77. The Morgan fingerprint density at radius 1 is 1.26 bits per heavy atom. The van der Waals surface area contributed by atoms with Gasteiger partial charge in [-0.05, 0) is 29.7 Å². The van der Waals surface area contributed by atoms with Gasteiger partial charge in [0, 0.05) is 31.1 Å². The summed E-state index contributed by atoms with van der Waals surface area (Å²) in [6, 6.07) is 13.7. The molecule has 2 aromatic heterocycles. The maximum Gasteiger partial charge on any atom is 0.305 e. The van der Waals surface area contributed by atoms with Crippen molar-refractivity contribution in [1.29, 1.82) is 0 Å². The zero-order chi connectivity index (χ0) is 19.1. The van der Waals surface area contributed by atoms with Crippen LogP contribution in [-0.4, -0.2) is 28.2 Å². The van der Waals surface area contributed by atoms with Crippen molar-refractivity contribution < 1.29 is 14.1 Å². The lowest BCUT2D eigenvalue weighted by Gasteiger charge is -2.06. The van der Waals surface area contributed by atoms with Crippen molar-refractivity contribution in [3.05, 3.63) is 60.1 Å². The molecular formula is C20H22N4O3. The number of methoxy groups -OCH3 is 1. The Labute approximate surface area is 157 Å². The Bertz CT molecular complexity index is 880. The van der Waals surface area contributed by atoms with Crippen molar-refractivity contribution in [3.8, 4) is 11.4 Å². The van der Waals surface area contributed by atoms with Crippen LogP contribution in [0, 0.1) is 5.92 Å². The van der Waals surface area contributed by atoms with Crippen LogP contribution < -0.4 is 5.32 Å². The second kappa shape index (κ2) is 8.93. The average Bonchev–Trinajstić information content (AvgIpc) is 3.15. The van der Waals surface area contributed by atoms with E-state index in [0.29, 0.717) is 31.1 Å². The van der Waals surface area contributed by atoms with Crippen LogP contribution in [0.3, 0.4) is 0 Å². The number of hydrogen-bond donors (Lipinski definition) is 1. The van der Waals surface area contributed by atoms with Gasteiger partial charge >= 0.3 is 5.97 Å². The molecule has 0 radical (unpaired) electrons. The van der Waals surface area contributed by atoms with E-state index in [1.807, 2.05) is 49.4 Å². The van der Waals surface area contributed by atoms with E-state index < -0.39 is 0 Å². The average molecular weight is 366 g/mol. The molecule has 0 aliphatic rings. The van der Waals surface area contributed by atoms with Crippen molar-refractivity contribution in [3.63, 3.8) is 0 Å². The molecule has 0 aliphatic heterocycles. The molecule has 7 heteroatoms. The number of anilines is 1. The predicted molar refractivity (Wildman–Crippen MR) is 101 cm³/mol. The molecule has 0 spiro atoms. The maximum absolute atomic E-state index is 11.3. The zero-order valence-electron chi connectivity index (χ0n) is 15.4. The molecule has 3 aromatic rings. The number of aromatic nitrogens is 3. The number of nitrogens with one attached hydrogen (secondary N) is 1. The zero-order valence-corrected chi connectivity index (χ0v) is 15.4. The Kier molecular flexibility index (Phi) is 6.14. The van der Waals surface area contributed by atoms with Crippen molar-refractivity contribution in [1.82, 2.24) is 15.1 Å². The molecule has 3 rings (SSSR count). The van der Waals surface area contributed by atoms with Crippen LogP contribution >= 0.6 is 0 Å². The molecule has 0 saturated heterocycles. The summed E-state index contributed by atoms with van der Waals surface area (Å²) in [5.41, 5.74) is 1.97. The second-order valence-electron chi connectivity index (χ2n) is 6.37. The fourth-order valence-electron chi connectivity index (χ4n) is 2.67. The number of pyridine rings is 1. The van der Waals surface area contributed by atoms with Crippen molar-refractivity contribution in [2.75, 3.05) is 12.4 Å². The largest absolute Gasteiger partial charge is 0.469 e. The van der Waals surface area contributed by atoms with Gasteiger partial charge < -0.3 is 14.6 Å². The van der Waals surface area contributed by atoms with Gasteiger partial charge in [0.25, 0.3) is 0 Å². The Morgan fingerprint density at radius 2 is 2.15 bits per heavy atom. The quantitative estimate of drug-likeness (QED) is 0.610. The summed E-state index contributed by atoms with van der Waals surface area (Å²) in [6.45, 7) is 2.59. The van der Waals surface area contributed by atoms with Crippen molar-refractivity contribution >= 4 is 11.8 Å². The molecule has 27 heavy (non-hydrogen) atoms. The highest BCUT2D eigenvalue weighted by atomic mass is 16.5. The lowest BCUT2D eigenvalue weighted by atomic mass is 10.0.